The molecule has 2 aromatic rings. The van der Waals surface area contributed by atoms with Crippen molar-refractivity contribution in [1.82, 2.24) is 10.1 Å². The van der Waals surface area contributed by atoms with E-state index >= 15 is 0 Å². The average molecular weight is 388 g/mol. The first kappa shape index (κ1) is 13.2. The first-order chi connectivity index (χ1) is 9.24. The average Bonchev–Trinajstić information content (AvgIpc) is 2.92. The van der Waals surface area contributed by atoms with Gasteiger partial charge < -0.3 is 9.63 Å². The van der Waals surface area contributed by atoms with Gasteiger partial charge in [-0.3, -0.25) is 0 Å². The molecular formula is C13H13IN2O2S. The third kappa shape index (κ3) is 2.89. The predicted molar refractivity (Wildman–Crippen MR) is 83.2 cm³/mol. The summed E-state index contributed by atoms with van der Waals surface area (Å²) in [6, 6.07) is 5.34. The third-order valence-electron chi connectivity index (χ3n) is 3.10. The minimum absolute atomic E-state index is 0.173. The Bertz CT molecular complexity index is 582. The standard InChI is InChI=1S/C13H13IN2O2S/c14-8-4-5-10(17)9(7-8)13-15-12(16-18-13)11-3-1-2-6-19-11/h4-5,7,11,17H,1-3,6H2. The van der Waals surface area contributed by atoms with E-state index in [1.807, 2.05) is 23.9 Å². The van der Waals surface area contributed by atoms with E-state index in [9.17, 15) is 5.11 Å². The van der Waals surface area contributed by atoms with Crippen molar-refractivity contribution in [1.29, 1.82) is 0 Å². The number of halogens is 1. The zero-order chi connectivity index (χ0) is 13.2. The van der Waals surface area contributed by atoms with Crippen LogP contribution in [0.2, 0.25) is 0 Å². The normalized spacial score (nSPS) is 19.5. The highest BCUT2D eigenvalue weighted by atomic mass is 127. The van der Waals surface area contributed by atoms with Crippen LogP contribution in [-0.2, 0) is 0 Å². The van der Waals surface area contributed by atoms with Gasteiger partial charge in [-0.15, -0.1) is 0 Å². The molecule has 0 radical (unpaired) electrons. The van der Waals surface area contributed by atoms with E-state index in [1.165, 1.54) is 12.8 Å². The van der Waals surface area contributed by atoms with Crippen molar-refractivity contribution in [3.8, 4) is 17.2 Å². The van der Waals surface area contributed by atoms with Gasteiger partial charge in [0.25, 0.3) is 5.89 Å². The maximum atomic E-state index is 9.87. The molecule has 1 fully saturated rings. The van der Waals surface area contributed by atoms with Gasteiger partial charge in [0.2, 0.25) is 0 Å². The number of hydrogen-bond acceptors (Lipinski definition) is 5. The van der Waals surface area contributed by atoms with Gasteiger partial charge in [-0.1, -0.05) is 11.6 Å². The van der Waals surface area contributed by atoms with E-state index in [-0.39, 0.29) is 5.75 Å². The SMILES string of the molecule is Oc1ccc(I)cc1-c1nc(C2CCCCS2)no1. The maximum Gasteiger partial charge on any atom is 0.261 e. The molecule has 0 saturated carbocycles. The number of phenols is 1. The fraction of sp³-hybridized carbons (Fsp3) is 0.385. The van der Waals surface area contributed by atoms with Crippen molar-refractivity contribution in [2.45, 2.75) is 24.5 Å². The Morgan fingerprint density at radius 2 is 2.26 bits per heavy atom. The Balaban J connectivity index is 1.89. The summed E-state index contributed by atoms with van der Waals surface area (Å²) in [5, 5.41) is 14.3. The van der Waals surface area contributed by atoms with E-state index in [0.717, 1.165) is 21.6 Å². The second-order valence-electron chi connectivity index (χ2n) is 4.47. The Hall–Kier alpha value is -0.760. The molecule has 3 rings (SSSR count). The highest BCUT2D eigenvalue weighted by Gasteiger charge is 2.22. The molecule has 0 aliphatic carbocycles. The fourth-order valence-corrected chi connectivity index (χ4v) is 3.82. The van der Waals surface area contributed by atoms with E-state index in [4.69, 9.17) is 4.52 Å². The van der Waals surface area contributed by atoms with Crippen molar-refractivity contribution >= 4 is 34.4 Å². The maximum absolute atomic E-state index is 9.87. The molecule has 0 amide bonds. The number of rotatable bonds is 2. The second-order valence-corrected chi connectivity index (χ2v) is 7.03. The Labute approximate surface area is 129 Å². The quantitative estimate of drug-likeness (QED) is 0.788. The van der Waals surface area contributed by atoms with E-state index in [0.29, 0.717) is 16.7 Å². The van der Waals surface area contributed by atoms with Gasteiger partial charge in [0, 0.05) is 3.57 Å². The molecule has 1 aromatic heterocycles. The van der Waals surface area contributed by atoms with Gasteiger partial charge in [-0.2, -0.15) is 16.7 Å². The number of benzene rings is 1. The molecule has 19 heavy (non-hydrogen) atoms. The molecule has 6 heteroatoms. The molecule has 4 nitrogen and oxygen atoms in total. The van der Waals surface area contributed by atoms with Gasteiger partial charge in [0.1, 0.15) is 5.75 Å². The minimum atomic E-state index is 0.173. The number of aromatic hydroxyl groups is 1. The van der Waals surface area contributed by atoms with E-state index < -0.39 is 0 Å². The van der Waals surface area contributed by atoms with Crippen LogP contribution in [0.25, 0.3) is 11.5 Å². The molecule has 1 aliphatic heterocycles. The first-order valence-electron chi connectivity index (χ1n) is 6.18. The van der Waals surface area contributed by atoms with Crippen LogP contribution >= 0.6 is 34.4 Å². The number of phenolic OH excluding ortho intramolecular Hbond substituents is 1. The Kier molecular flexibility index (Phi) is 3.97. The van der Waals surface area contributed by atoms with E-state index in [1.54, 1.807) is 6.07 Å². The molecule has 1 N–H and O–H groups in total. The first-order valence-corrected chi connectivity index (χ1v) is 8.31. The lowest BCUT2D eigenvalue weighted by Crippen LogP contribution is -2.03. The van der Waals surface area contributed by atoms with Crippen molar-refractivity contribution in [3.63, 3.8) is 0 Å². The lowest BCUT2D eigenvalue weighted by atomic mass is 10.2. The molecule has 100 valence electrons. The molecule has 0 spiro atoms. The summed E-state index contributed by atoms with van der Waals surface area (Å²) < 4.78 is 6.33. The van der Waals surface area contributed by atoms with Crippen LogP contribution in [0.3, 0.4) is 0 Å². The molecule has 1 atom stereocenters. The largest absolute Gasteiger partial charge is 0.507 e. The van der Waals surface area contributed by atoms with Crippen molar-refractivity contribution in [2.24, 2.45) is 0 Å². The van der Waals surface area contributed by atoms with E-state index in [2.05, 4.69) is 32.7 Å². The molecule has 1 saturated heterocycles. The summed E-state index contributed by atoms with van der Waals surface area (Å²) >= 11 is 4.08. The van der Waals surface area contributed by atoms with Crippen molar-refractivity contribution in [3.05, 3.63) is 27.6 Å². The summed E-state index contributed by atoms with van der Waals surface area (Å²) in [5.41, 5.74) is 0.603. The Morgan fingerprint density at radius 3 is 3.05 bits per heavy atom. The summed E-state index contributed by atoms with van der Waals surface area (Å²) in [4.78, 5) is 4.44. The summed E-state index contributed by atoms with van der Waals surface area (Å²) in [5.74, 6) is 2.48. The number of nitrogens with zero attached hydrogens (tertiary/aromatic N) is 2. The smallest absolute Gasteiger partial charge is 0.261 e. The Morgan fingerprint density at radius 1 is 1.37 bits per heavy atom. The molecule has 2 heterocycles. The topological polar surface area (TPSA) is 59.2 Å². The van der Waals surface area contributed by atoms with Crippen molar-refractivity contribution < 1.29 is 9.63 Å². The monoisotopic (exact) mass is 388 g/mol. The molecule has 1 aliphatic rings. The lowest BCUT2D eigenvalue weighted by Gasteiger charge is -2.17. The molecule has 1 unspecified atom stereocenters. The number of hydrogen-bond donors (Lipinski definition) is 1. The van der Waals surface area contributed by atoms with Crippen LogP contribution in [0.4, 0.5) is 0 Å². The third-order valence-corrected chi connectivity index (χ3v) is 5.14. The zero-order valence-electron chi connectivity index (χ0n) is 10.2. The lowest BCUT2D eigenvalue weighted by molar-refractivity contribution is 0.415. The molecule has 0 bridgehead atoms. The zero-order valence-corrected chi connectivity index (χ0v) is 13.1. The summed E-state index contributed by atoms with van der Waals surface area (Å²) in [6.07, 6.45) is 3.58. The molecular weight excluding hydrogens is 375 g/mol. The highest BCUT2D eigenvalue weighted by Crippen LogP contribution is 2.38. The predicted octanol–water partition coefficient (Wildman–Crippen LogP) is 4.01. The van der Waals surface area contributed by atoms with Crippen LogP contribution in [0, 0.1) is 3.57 Å². The van der Waals surface area contributed by atoms with Crippen LogP contribution < -0.4 is 0 Å². The number of thioether (sulfide) groups is 1. The van der Waals surface area contributed by atoms with Crippen LogP contribution in [0.15, 0.2) is 22.7 Å². The van der Waals surface area contributed by atoms with Gasteiger partial charge in [0.05, 0.1) is 10.8 Å². The minimum Gasteiger partial charge on any atom is -0.507 e. The van der Waals surface area contributed by atoms with Gasteiger partial charge in [-0.05, 0) is 59.4 Å². The summed E-state index contributed by atoms with van der Waals surface area (Å²) in [6.45, 7) is 0. The highest BCUT2D eigenvalue weighted by molar-refractivity contribution is 14.1. The van der Waals surface area contributed by atoms with Crippen LogP contribution in [-0.4, -0.2) is 21.0 Å². The van der Waals surface area contributed by atoms with Gasteiger partial charge in [0.15, 0.2) is 5.82 Å². The van der Waals surface area contributed by atoms with Gasteiger partial charge >= 0.3 is 0 Å². The van der Waals surface area contributed by atoms with Crippen molar-refractivity contribution in [2.75, 3.05) is 5.75 Å². The summed E-state index contributed by atoms with van der Waals surface area (Å²) in [7, 11) is 0. The second kappa shape index (κ2) is 5.70. The number of aromatic nitrogens is 2. The molecule has 1 aromatic carbocycles. The van der Waals surface area contributed by atoms with Gasteiger partial charge in [-0.25, -0.2) is 0 Å². The van der Waals surface area contributed by atoms with Crippen LogP contribution in [0.5, 0.6) is 5.75 Å². The van der Waals surface area contributed by atoms with Crippen LogP contribution in [0.1, 0.15) is 30.3 Å². The fourth-order valence-electron chi connectivity index (χ4n) is 2.10.